The second kappa shape index (κ2) is 5.08. The third kappa shape index (κ3) is 2.45. The van der Waals surface area contributed by atoms with E-state index < -0.39 is 5.97 Å². The Bertz CT molecular complexity index is 480. The molecular weight excluding hydrogens is 236 g/mol. The lowest BCUT2D eigenvalue weighted by atomic mass is 9.96. The number of ether oxygens (including phenoxy) is 2. The summed E-state index contributed by atoms with van der Waals surface area (Å²) in [6.07, 6.45) is 0.800. The van der Waals surface area contributed by atoms with Crippen LogP contribution in [0.5, 0.6) is 5.75 Å². The molecule has 1 aromatic carbocycles. The molecule has 0 radical (unpaired) electrons. The van der Waals surface area contributed by atoms with Gasteiger partial charge in [-0.05, 0) is 18.1 Å². The summed E-state index contributed by atoms with van der Waals surface area (Å²) in [7, 11) is 1.32. The molecule has 1 unspecified atom stereocenters. The predicted octanol–water partition coefficient (Wildman–Crippen LogP) is 1.43. The van der Waals surface area contributed by atoms with Crippen molar-refractivity contribution in [2.24, 2.45) is 0 Å². The van der Waals surface area contributed by atoms with E-state index in [9.17, 15) is 14.7 Å². The lowest BCUT2D eigenvalue weighted by Crippen LogP contribution is -2.28. The maximum absolute atomic E-state index is 11.7. The number of esters is 2. The van der Waals surface area contributed by atoms with Crippen molar-refractivity contribution in [1.29, 1.82) is 0 Å². The van der Waals surface area contributed by atoms with Crippen molar-refractivity contribution in [3.8, 4) is 5.75 Å². The molecular formula is C13H14O5. The quantitative estimate of drug-likeness (QED) is 0.821. The smallest absolute Gasteiger partial charge is 0.342 e. The van der Waals surface area contributed by atoms with Crippen molar-refractivity contribution in [2.75, 3.05) is 7.11 Å². The molecule has 0 aliphatic carbocycles. The van der Waals surface area contributed by atoms with Crippen LogP contribution in [0, 0.1) is 0 Å². The minimum atomic E-state index is -0.538. The van der Waals surface area contributed by atoms with Gasteiger partial charge in [0.25, 0.3) is 0 Å². The van der Waals surface area contributed by atoms with Crippen LogP contribution in [0.1, 0.15) is 28.8 Å². The molecule has 0 aromatic heterocycles. The summed E-state index contributed by atoms with van der Waals surface area (Å²) < 4.78 is 9.72. The van der Waals surface area contributed by atoms with Crippen LogP contribution in [0.4, 0.5) is 0 Å². The number of phenolic OH excluding ortho intramolecular Hbond substituents is 1. The first-order valence-corrected chi connectivity index (χ1v) is 5.70. The van der Waals surface area contributed by atoms with E-state index >= 15 is 0 Å². The Morgan fingerprint density at radius 3 is 3.06 bits per heavy atom. The second-order valence-electron chi connectivity index (χ2n) is 4.16. The number of cyclic esters (lactones) is 1. The van der Waals surface area contributed by atoms with Crippen LogP contribution in [0.3, 0.4) is 0 Å². The Morgan fingerprint density at radius 2 is 2.33 bits per heavy atom. The number of carbonyl (C=O) groups is 2. The summed E-state index contributed by atoms with van der Waals surface area (Å²) in [5.74, 6) is -0.930. The van der Waals surface area contributed by atoms with Crippen molar-refractivity contribution < 1.29 is 24.2 Å². The molecule has 1 aliphatic heterocycles. The first-order valence-electron chi connectivity index (χ1n) is 5.70. The summed E-state index contributed by atoms with van der Waals surface area (Å²) in [5.41, 5.74) is 0.980. The lowest BCUT2D eigenvalue weighted by molar-refractivity contribution is -0.141. The Labute approximate surface area is 104 Å². The van der Waals surface area contributed by atoms with Crippen LogP contribution in [0.2, 0.25) is 0 Å². The summed E-state index contributed by atoms with van der Waals surface area (Å²) in [6, 6.07) is 4.92. The zero-order chi connectivity index (χ0) is 13.1. The van der Waals surface area contributed by atoms with Gasteiger partial charge in [-0.2, -0.15) is 0 Å². The Balaban J connectivity index is 2.09. The van der Waals surface area contributed by atoms with Gasteiger partial charge in [-0.3, -0.25) is 4.79 Å². The van der Waals surface area contributed by atoms with Crippen LogP contribution in [-0.4, -0.2) is 30.3 Å². The van der Waals surface area contributed by atoms with Crippen molar-refractivity contribution in [2.45, 2.75) is 25.4 Å². The van der Waals surface area contributed by atoms with Gasteiger partial charge in [0.15, 0.2) is 0 Å². The highest BCUT2D eigenvalue weighted by Crippen LogP contribution is 2.29. The standard InChI is InChI=1S/C13H14O5/c1-17-11(15)6-5-9-7-8-3-2-4-10(14)12(8)13(16)18-9/h2-4,9,14H,5-7H2,1H3. The SMILES string of the molecule is COC(=O)CCC1Cc2cccc(O)c2C(=O)O1. The maximum Gasteiger partial charge on any atom is 0.342 e. The number of rotatable bonds is 3. The Morgan fingerprint density at radius 1 is 1.56 bits per heavy atom. The molecule has 1 heterocycles. The number of benzene rings is 1. The highest BCUT2D eigenvalue weighted by atomic mass is 16.5. The van der Waals surface area contributed by atoms with E-state index in [1.165, 1.54) is 13.2 Å². The maximum atomic E-state index is 11.7. The highest BCUT2D eigenvalue weighted by molar-refractivity contribution is 5.95. The van der Waals surface area contributed by atoms with E-state index in [0.29, 0.717) is 12.8 Å². The first kappa shape index (κ1) is 12.4. The zero-order valence-electron chi connectivity index (χ0n) is 10.0. The Kier molecular flexibility index (Phi) is 3.50. The second-order valence-corrected chi connectivity index (χ2v) is 4.16. The molecule has 1 aliphatic rings. The van der Waals surface area contributed by atoms with E-state index in [4.69, 9.17) is 4.74 Å². The monoisotopic (exact) mass is 250 g/mol. The van der Waals surface area contributed by atoms with Crippen LogP contribution >= 0.6 is 0 Å². The summed E-state index contributed by atoms with van der Waals surface area (Å²) in [5, 5.41) is 9.59. The van der Waals surface area contributed by atoms with Crippen molar-refractivity contribution in [3.05, 3.63) is 29.3 Å². The number of methoxy groups -OCH3 is 1. The average molecular weight is 250 g/mol. The van der Waals surface area contributed by atoms with Crippen molar-refractivity contribution >= 4 is 11.9 Å². The summed E-state index contributed by atoms with van der Waals surface area (Å²) in [4.78, 5) is 22.8. The van der Waals surface area contributed by atoms with Gasteiger partial charge in [-0.25, -0.2) is 4.79 Å². The van der Waals surface area contributed by atoms with Gasteiger partial charge in [0.2, 0.25) is 0 Å². The third-order valence-electron chi connectivity index (χ3n) is 2.95. The fourth-order valence-electron chi connectivity index (χ4n) is 2.03. The fourth-order valence-corrected chi connectivity index (χ4v) is 2.03. The van der Waals surface area contributed by atoms with Gasteiger partial charge >= 0.3 is 11.9 Å². The summed E-state index contributed by atoms with van der Waals surface area (Å²) in [6.45, 7) is 0. The van der Waals surface area contributed by atoms with E-state index in [0.717, 1.165) is 5.56 Å². The molecule has 5 heteroatoms. The number of carbonyl (C=O) groups excluding carboxylic acids is 2. The van der Waals surface area contributed by atoms with Crippen LogP contribution in [0.25, 0.3) is 0 Å². The lowest BCUT2D eigenvalue weighted by Gasteiger charge is -2.24. The molecule has 18 heavy (non-hydrogen) atoms. The predicted molar refractivity (Wildman–Crippen MR) is 62.3 cm³/mol. The van der Waals surface area contributed by atoms with Crippen LogP contribution in [-0.2, 0) is 20.7 Å². The van der Waals surface area contributed by atoms with E-state index in [-0.39, 0.29) is 29.8 Å². The Hall–Kier alpha value is -2.04. The molecule has 0 saturated carbocycles. The van der Waals surface area contributed by atoms with Gasteiger partial charge in [0.1, 0.15) is 17.4 Å². The van der Waals surface area contributed by atoms with Gasteiger partial charge in [0.05, 0.1) is 7.11 Å². The molecule has 1 atom stereocenters. The normalized spacial score (nSPS) is 17.8. The topological polar surface area (TPSA) is 72.8 Å². The van der Waals surface area contributed by atoms with Gasteiger partial charge < -0.3 is 14.6 Å². The van der Waals surface area contributed by atoms with Crippen molar-refractivity contribution in [1.82, 2.24) is 0 Å². The molecule has 0 spiro atoms. The largest absolute Gasteiger partial charge is 0.507 e. The van der Waals surface area contributed by atoms with Crippen LogP contribution < -0.4 is 0 Å². The molecule has 1 N–H and O–H groups in total. The third-order valence-corrected chi connectivity index (χ3v) is 2.95. The minimum Gasteiger partial charge on any atom is -0.507 e. The molecule has 0 bridgehead atoms. The molecule has 0 saturated heterocycles. The van der Waals surface area contributed by atoms with Crippen LogP contribution in [0.15, 0.2) is 18.2 Å². The molecule has 5 nitrogen and oxygen atoms in total. The van der Waals surface area contributed by atoms with E-state index in [1.54, 1.807) is 12.1 Å². The summed E-state index contributed by atoms with van der Waals surface area (Å²) >= 11 is 0. The molecule has 96 valence electrons. The van der Waals surface area contributed by atoms with Gasteiger partial charge in [0, 0.05) is 12.8 Å². The van der Waals surface area contributed by atoms with E-state index in [1.807, 2.05) is 0 Å². The van der Waals surface area contributed by atoms with Gasteiger partial charge in [-0.1, -0.05) is 12.1 Å². The number of aromatic hydroxyl groups is 1. The zero-order valence-corrected chi connectivity index (χ0v) is 10.0. The number of phenols is 1. The number of fused-ring (bicyclic) bond motifs is 1. The fraction of sp³-hybridized carbons (Fsp3) is 0.385. The number of hydrogen-bond donors (Lipinski definition) is 1. The average Bonchev–Trinajstić information content (AvgIpc) is 2.35. The highest BCUT2D eigenvalue weighted by Gasteiger charge is 2.28. The molecule has 0 amide bonds. The minimum absolute atomic E-state index is 0.0658. The molecule has 2 rings (SSSR count). The van der Waals surface area contributed by atoms with E-state index in [2.05, 4.69) is 4.74 Å². The van der Waals surface area contributed by atoms with Gasteiger partial charge in [-0.15, -0.1) is 0 Å². The molecule has 1 aromatic rings. The first-order chi connectivity index (χ1) is 8.61. The number of hydrogen-bond acceptors (Lipinski definition) is 5. The molecule has 0 fully saturated rings. The van der Waals surface area contributed by atoms with Crippen molar-refractivity contribution in [3.63, 3.8) is 0 Å².